The van der Waals surface area contributed by atoms with E-state index in [0.717, 1.165) is 42.7 Å². The van der Waals surface area contributed by atoms with Gasteiger partial charge < -0.3 is 29.7 Å². The normalized spacial score (nSPS) is 18.3. The lowest BCUT2D eigenvalue weighted by Crippen LogP contribution is -2.32. The van der Waals surface area contributed by atoms with Gasteiger partial charge in [-0.1, -0.05) is 29.3 Å². The summed E-state index contributed by atoms with van der Waals surface area (Å²) in [5, 5.41) is 10.9. The highest BCUT2D eigenvalue weighted by Crippen LogP contribution is 2.31. The van der Waals surface area contributed by atoms with Gasteiger partial charge >= 0.3 is 6.18 Å². The number of anilines is 2. The van der Waals surface area contributed by atoms with Crippen molar-refractivity contribution in [2.45, 2.75) is 38.0 Å². The van der Waals surface area contributed by atoms with E-state index >= 15 is 0 Å². The molecule has 2 aliphatic rings. The van der Waals surface area contributed by atoms with E-state index in [9.17, 15) is 18.0 Å². The number of halogens is 5. The maximum absolute atomic E-state index is 13.0. The molecule has 3 aromatic carbocycles. The van der Waals surface area contributed by atoms with Crippen molar-refractivity contribution in [3.63, 3.8) is 0 Å². The summed E-state index contributed by atoms with van der Waals surface area (Å²) >= 11 is 11.8. The van der Waals surface area contributed by atoms with E-state index in [-0.39, 0.29) is 11.6 Å². The van der Waals surface area contributed by atoms with Gasteiger partial charge in [-0.2, -0.15) is 23.1 Å². The Bertz CT molecular complexity index is 1840. The number of rotatable bonds is 5. The van der Waals surface area contributed by atoms with Crippen molar-refractivity contribution in [1.29, 1.82) is 0 Å². The summed E-state index contributed by atoms with van der Waals surface area (Å²) in [6.07, 6.45) is -2.77. The Hall–Kier alpha value is -4.00. The Labute approximate surface area is 266 Å². The molecule has 3 N–H and O–H groups in total. The monoisotopic (exact) mass is 660 g/mol. The molecule has 7 rings (SSSR count). The molecule has 0 aliphatic carbocycles. The van der Waals surface area contributed by atoms with E-state index in [1.807, 2.05) is 12.1 Å². The first-order chi connectivity index (χ1) is 21.5. The topological polar surface area (TPSA) is 108 Å². The van der Waals surface area contributed by atoms with Gasteiger partial charge in [0.05, 0.1) is 5.56 Å². The molecule has 4 heterocycles. The fourth-order valence-corrected chi connectivity index (χ4v) is 5.63. The van der Waals surface area contributed by atoms with Crippen LogP contribution < -0.4 is 16.0 Å². The number of carbonyl (C=O) groups excluding carboxylic acids is 1. The largest absolute Gasteiger partial charge is 0.423 e. The van der Waals surface area contributed by atoms with Crippen molar-refractivity contribution in [3.05, 3.63) is 81.3 Å². The van der Waals surface area contributed by atoms with Crippen LogP contribution in [0.5, 0.6) is 0 Å². The van der Waals surface area contributed by atoms with Gasteiger partial charge in [-0.05, 0) is 68.3 Å². The molecule has 0 spiro atoms. The van der Waals surface area contributed by atoms with Crippen LogP contribution in [-0.4, -0.2) is 59.0 Å². The van der Waals surface area contributed by atoms with E-state index in [1.165, 1.54) is 6.07 Å². The fraction of sp³-hybridized carbons (Fsp3) is 0.323. The van der Waals surface area contributed by atoms with Gasteiger partial charge in [0.25, 0.3) is 17.9 Å². The number of fused-ring (bicyclic) bond motifs is 2. The number of oxazole rings is 2. The molecule has 236 valence electrons. The lowest BCUT2D eigenvalue weighted by molar-refractivity contribution is -0.137. The average Bonchev–Trinajstić information content (AvgIpc) is 3.80. The van der Waals surface area contributed by atoms with Crippen LogP contribution in [0.25, 0.3) is 22.2 Å². The van der Waals surface area contributed by atoms with E-state index in [2.05, 4.69) is 25.9 Å². The predicted octanol–water partition coefficient (Wildman–Crippen LogP) is 7.39. The molecule has 2 saturated heterocycles. The van der Waals surface area contributed by atoms with E-state index < -0.39 is 17.6 Å². The van der Waals surface area contributed by atoms with Crippen molar-refractivity contribution in [2.75, 3.05) is 36.8 Å². The molecular formula is C31H29Cl2F3N6O3. The lowest BCUT2D eigenvalue weighted by Gasteiger charge is -2.19. The molecule has 0 bridgehead atoms. The minimum absolute atomic E-state index is 0.0666. The molecule has 0 unspecified atom stereocenters. The standard InChI is InChI=1S/C20H17ClF3N3O2.C11H12ClN3O/c1-11-2-3-12(20(22,23)24)8-15(11)18(28)27-7-6-14(10-27)25-19-26-16-5-4-13(21)9-17(16)29-19;12-7-1-2-9-10(5-7)16-11(15-9)14-8-3-4-13-6-8/h2-5,8-9,14H,6-7,10H2,1H3,(H,25,26);1-2,5,8,13H,3-4,6H2,(H,14,15)/t14-;8-/m11/s1. The quantitative estimate of drug-likeness (QED) is 0.179. The third-order valence-electron chi connectivity index (χ3n) is 7.69. The number of aromatic nitrogens is 2. The van der Waals surface area contributed by atoms with Crippen molar-refractivity contribution in [3.8, 4) is 0 Å². The van der Waals surface area contributed by atoms with Crippen LogP contribution >= 0.6 is 23.2 Å². The number of nitrogens with one attached hydrogen (secondary N) is 3. The zero-order valence-corrected chi connectivity index (χ0v) is 25.6. The number of benzene rings is 3. The van der Waals surface area contributed by atoms with Gasteiger partial charge in [0.15, 0.2) is 11.2 Å². The summed E-state index contributed by atoms with van der Waals surface area (Å²) in [5.41, 5.74) is 2.50. The summed E-state index contributed by atoms with van der Waals surface area (Å²) in [4.78, 5) is 23.0. The molecule has 5 aromatic rings. The molecule has 9 nitrogen and oxygen atoms in total. The van der Waals surface area contributed by atoms with E-state index in [1.54, 1.807) is 36.1 Å². The second kappa shape index (κ2) is 12.8. The maximum atomic E-state index is 13.0. The first-order valence-electron chi connectivity index (χ1n) is 14.3. The first-order valence-corrected chi connectivity index (χ1v) is 15.1. The van der Waals surface area contributed by atoms with Gasteiger partial charge in [0.2, 0.25) is 0 Å². The molecule has 2 aromatic heterocycles. The number of carbonyl (C=O) groups is 1. The average molecular weight is 662 g/mol. The van der Waals surface area contributed by atoms with Gasteiger partial charge in [0, 0.05) is 59.5 Å². The Balaban J connectivity index is 0.000000187. The van der Waals surface area contributed by atoms with E-state index in [0.29, 0.717) is 64.3 Å². The summed E-state index contributed by atoms with van der Waals surface area (Å²) in [5.74, 6) is -0.415. The van der Waals surface area contributed by atoms with Crippen LogP contribution in [0, 0.1) is 6.92 Å². The minimum Gasteiger partial charge on any atom is -0.423 e. The van der Waals surface area contributed by atoms with Crippen LogP contribution in [0.2, 0.25) is 10.0 Å². The summed E-state index contributed by atoms with van der Waals surface area (Å²) in [6.45, 7) is 4.40. The highest BCUT2D eigenvalue weighted by atomic mass is 35.5. The van der Waals surface area contributed by atoms with Crippen LogP contribution in [0.4, 0.5) is 25.2 Å². The zero-order chi connectivity index (χ0) is 31.7. The number of hydrogen-bond donors (Lipinski definition) is 3. The van der Waals surface area contributed by atoms with Gasteiger partial charge in [-0.25, -0.2) is 0 Å². The predicted molar refractivity (Wildman–Crippen MR) is 167 cm³/mol. The molecule has 2 atom stereocenters. The van der Waals surface area contributed by atoms with Gasteiger partial charge in [-0.15, -0.1) is 0 Å². The van der Waals surface area contributed by atoms with Crippen LogP contribution in [0.3, 0.4) is 0 Å². The fourth-order valence-electron chi connectivity index (χ4n) is 5.31. The van der Waals surface area contributed by atoms with Crippen molar-refractivity contribution >= 4 is 63.3 Å². The van der Waals surface area contributed by atoms with Gasteiger partial charge in [-0.3, -0.25) is 4.79 Å². The Kier molecular flexibility index (Phi) is 8.80. The molecule has 14 heteroatoms. The third-order valence-corrected chi connectivity index (χ3v) is 8.16. The van der Waals surface area contributed by atoms with Crippen molar-refractivity contribution < 1.29 is 26.8 Å². The third kappa shape index (κ3) is 7.29. The molecule has 45 heavy (non-hydrogen) atoms. The number of likely N-dealkylation sites (tertiary alicyclic amines) is 1. The molecule has 0 saturated carbocycles. The van der Waals surface area contributed by atoms with Crippen LogP contribution in [0.15, 0.2) is 63.4 Å². The number of alkyl halides is 3. The second-order valence-corrected chi connectivity index (χ2v) is 11.9. The Morgan fingerprint density at radius 2 is 1.53 bits per heavy atom. The summed E-state index contributed by atoms with van der Waals surface area (Å²) in [7, 11) is 0. The Morgan fingerprint density at radius 3 is 2.11 bits per heavy atom. The summed E-state index contributed by atoms with van der Waals surface area (Å²) < 4.78 is 50.2. The first kappa shape index (κ1) is 31.0. The molecular weight excluding hydrogens is 632 g/mol. The highest BCUT2D eigenvalue weighted by molar-refractivity contribution is 6.31. The minimum atomic E-state index is -4.49. The smallest absolute Gasteiger partial charge is 0.416 e. The van der Waals surface area contributed by atoms with Crippen LogP contribution in [0.1, 0.15) is 34.3 Å². The van der Waals surface area contributed by atoms with Crippen molar-refractivity contribution in [2.24, 2.45) is 0 Å². The number of amides is 1. The summed E-state index contributed by atoms with van der Waals surface area (Å²) in [6, 6.07) is 15.0. The SMILES string of the molecule is Cc1ccc(C(F)(F)F)cc1C(=O)N1CC[C@@H](Nc2nc3ccc(Cl)cc3o2)C1.Clc1ccc2nc(N[C@@H]3CCNC3)oc2c1. The zero-order valence-electron chi connectivity index (χ0n) is 24.0. The second-order valence-electron chi connectivity index (χ2n) is 11.0. The molecule has 2 fully saturated rings. The molecule has 2 aliphatic heterocycles. The number of aryl methyl sites for hydroxylation is 1. The molecule has 0 radical (unpaired) electrons. The number of nitrogens with zero attached hydrogens (tertiary/aromatic N) is 3. The van der Waals surface area contributed by atoms with Crippen molar-refractivity contribution in [1.82, 2.24) is 20.2 Å². The lowest BCUT2D eigenvalue weighted by atomic mass is 10.0. The number of hydrogen-bond acceptors (Lipinski definition) is 8. The van der Waals surface area contributed by atoms with Crippen LogP contribution in [-0.2, 0) is 6.18 Å². The highest BCUT2D eigenvalue weighted by Gasteiger charge is 2.33. The molecule has 1 amide bonds. The Morgan fingerprint density at radius 1 is 0.911 bits per heavy atom. The van der Waals surface area contributed by atoms with E-state index in [4.69, 9.17) is 32.0 Å². The maximum Gasteiger partial charge on any atom is 0.416 e. The van der Waals surface area contributed by atoms with Gasteiger partial charge in [0.1, 0.15) is 11.0 Å².